The Morgan fingerprint density at radius 1 is 1.15 bits per heavy atom. The maximum Gasteiger partial charge on any atom is 0.238 e. The van der Waals surface area contributed by atoms with Crippen molar-refractivity contribution in [1.82, 2.24) is 20.0 Å². The van der Waals surface area contributed by atoms with E-state index in [1.54, 1.807) is 13.2 Å². The van der Waals surface area contributed by atoms with Crippen LogP contribution >= 0.6 is 0 Å². The summed E-state index contributed by atoms with van der Waals surface area (Å²) in [5, 5.41) is 10.4. The molecule has 2 aromatic carbocycles. The van der Waals surface area contributed by atoms with E-state index >= 15 is 0 Å². The number of fused-ring (bicyclic) bond motifs is 3. The van der Waals surface area contributed by atoms with Gasteiger partial charge in [-0.3, -0.25) is 24.5 Å². The minimum atomic E-state index is -0.147. The maximum absolute atomic E-state index is 13.5. The number of carbonyl (C=O) groups is 2. The predicted molar refractivity (Wildman–Crippen MR) is 130 cm³/mol. The first-order chi connectivity index (χ1) is 16.5. The summed E-state index contributed by atoms with van der Waals surface area (Å²) in [7, 11) is 1.61. The third-order valence-corrected chi connectivity index (χ3v) is 6.54. The Morgan fingerprint density at radius 2 is 1.88 bits per heavy atom. The summed E-state index contributed by atoms with van der Waals surface area (Å²) < 4.78 is 5.23. The number of hydrogen-bond acceptors (Lipinski definition) is 7. The van der Waals surface area contributed by atoms with E-state index in [0.29, 0.717) is 28.2 Å². The zero-order chi connectivity index (χ0) is 23.8. The Morgan fingerprint density at radius 3 is 2.56 bits per heavy atom. The SMILES string of the molecule is COc1ccc(-c2[nH]nc3c2C(=O)c2c(NC(=O)CN4CCN(C(C)N)CC4)cccc2-3)cc1. The number of hydrogen-bond donors (Lipinski definition) is 3. The second-order valence-electron chi connectivity index (χ2n) is 8.71. The van der Waals surface area contributed by atoms with Crippen LogP contribution in [0.2, 0.25) is 0 Å². The Labute approximate surface area is 197 Å². The number of nitrogens with zero attached hydrogens (tertiary/aromatic N) is 3. The van der Waals surface area contributed by atoms with E-state index in [4.69, 9.17) is 10.5 Å². The molecule has 1 aliphatic heterocycles. The molecule has 9 heteroatoms. The lowest BCUT2D eigenvalue weighted by atomic mass is 10.0. The second kappa shape index (κ2) is 9.02. The molecule has 1 amide bonds. The first-order valence-corrected chi connectivity index (χ1v) is 11.4. The van der Waals surface area contributed by atoms with E-state index in [-0.39, 0.29) is 24.4 Å². The second-order valence-corrected chi connectivity index (χ2v) is 8.71. The van der Waals surface area contributed by atoms with E-state index in [1.807, 2.05) is 43.3 Å². The quantitative estimate of drug-likeness (QED) is 0.404. The van der Waals surface area contributed by atoms with Gasteiger partial charge < -0.3 is 15.8 Å². The maximum atomic E-state index is 13.5. The smallest absolute Gasteiger partial charge is 0.238 e. The molecular formula is C25H28N6O3. The number of rotatable bonds is 6. The van der Waals surface area contributed by atoms with Crippen LogP contribution in [0.25, 0.3) is 22.5 Å². The highest BCUT2D eigenvalue weighted by molar-refractivity contribution is 6.27. The first-order valence-electron chi connectivity index (χ1n) is 11.4. The molecule has 1 atom stereocenters. The molecule has 1 fully saturated rings. The number of nitrogens with two attached hydrogens (primary N) is 1. The molecule has 2 aliphatic rings. The molecule has 9 nitrogen and oxygen atoms in total. The van der Waals surface area contributed by atoms with E-state index in [1.165, 1.54) is 0 Å². The Bertz CT molecular complexity index is 1230. The monoisotopic (exact) mass is 460 g/mol. The molecule has 1 aromatic heterocycles. The van der Waals surface area contributed by atoms with Gasteiger partial charge in [-0.1, -0.05) is 12.1 Å². The standard InChI is InChI=1S/C25H28N6O3/c1-15(26)31-12-10-30(11-13-31)14-20(32)27-19-5-3-4-18-21(19)25(33)22-23(28-29-24(18)22)16-6-8-17(34-2)9-7-16/h3-9,15H,10-14,26H2,1-2H3,(H,27,32)(H,28,29). The van der Waals surface area contributed by atoms with Gasteiger partial charge in [0.25, 0.3) is 0 Å². The molecule has 3 aromatic rings. The molecule has 4 N–H and O–H groups in total. The van der Waals surface area contributed by atoms with Crippen LogP contribution in [-0.4, -0.2) is 77.7 Å². The number of ether oxygens (including phenoxy) is 1. The van der Waals surface area contributed by atoms with Crippen LogP contribution < -0.4 is 15.8 Å². The highest BCUT2D eigenvalue weighted by atomic mass is 16.5. The van der Waals surface area contributed by atoms with Gasteiger partial charge in [0, 0.05) is 37.3 Å². The van der Waals surface area contributed by atoms with Crippen molar-refractivity contribution in [3.63, 3.8) is 0 Å². The fraction of sp³-hybridized carbons (Fsp3) is 0.320. The summed E-state index contributed by atoms with van der Waals surface area (Å²) in [4.78, 5) is 30.6. The molecule has 0 spiro atoms. The highest BCUT2D eigenvalue weighted by Gasteiger charge is 2.35. The van der Waals surface area contributed by atoms with Crippen molar-refractivity contribution in [2.45, 2.75) is 13.1 Å². The number of anilines is 1. The topological polar surface area (TPSA) is 117 Å². The van der Waals surface area contributed by atoms with Crippen LogP contribution in [0.4, 0.5) is 5.69 Å². The minimum absolute atomic E-state index is 0.0165. The third kappa shape index (κ3) is 3.98. The van der Waals surface area contributed by atoms with Crippen LogP contribution in [0.1, 0.15) is 22.8 Å². The van der Waals surface area contributed by atoms with Crippen molar-refractivity contribution in [1.29, 1.82) is 0 Å². The first kappa shape index (κ1) is 22.3. The summed E-state index contributed by atoms with van der Waals surface area (Å²) in [6.45, 7) is 5.47. The molecule has 1 unspecified atom stereocenters. The average Bonchev–Trinajstić information content (AvgIpc) is 3.40. The summed E-state index contributed by atoms with van der Waals surface area (Å²) in [5.74, 6) is 0.446. The van der Waals surface area contributed by atoms with Gasteiger partial charge in [0.2, 0.25) is 5.91 Å². The summed E-state index contributed by atoms with van der Waals surface area (Å²) in [6.07, 6.45) is 0.0165. The zero-order valence-corrected chi connectivity index (χ0v) is 19.3. The predicted octanol–water partition coefficient (Wildman–Crippen LogP) is 2.16. The van der Waals surface area contributed by atoms with Crippen LogP contribution in [-0.2, 0) is 4.79 Å². The molecule has 0 saturated carbocycles. The van der Waals surface area contributed by atoms with Gasteiger partial charge in [0.15, 0.2) is 5.78 Å². The number of H-pyrrole nitrogens is 1. The summed E-state index contributed by atoms with van der Waals surface area (Å²) in [5.41, 5.74) is 10.3. The molecule has 0 bridgehead atoms. The molecular weight excluding hydrogens is 432 g/mol. The number of benzene rings is 2. The van der Waals surface area contributed by atoms with Crippen molar-refractivity contribution in [3.8, 4) is 28.3 Å². The zero-order valence-electron chi connectivity index (χ0n) is 19.3. The molecule has 34 heavy (non-hydrogen) atoms. The van der Waals surface area contributed by atoms with Crippen molar-refractivity contribution in [2.75, 3.05) is 45.2 Å². The Kier molecular flexibility index (Phi) is 5.91. The van der Waals surface area contributed by atoms with E-state index in [9.17, 15) is 9.59 Å². The van der Waals surface area contributed by atoms with Gasteiger partial charge in [-0.15, -0.1) is 0 Å². The van der Waals surface area contributed by atoms with Crippen molar-refractivity contribution < 1.29 is 14.3 Å². The molecule has 0 radical (unpaired) electrons. The summed E-state index contributed by atoms with van der Waals surface area (Å²) >= 11 is 0. The average molecular weight is 461 g/mol. The number of carbonyl (C=O) groups excluding carboxylic acids is 2. The number of methoxy groups -OCH3 is 1. The number of aromatic amines is 1. The number of amides is 1. The molecule has 5 rings (SSSR count). The third-order valence-electron chi connectivity index (χ3n) is 6.54. The van der Waals surface area contributed by atoms with Crippen LogP contribution in [0.3, 0.4) is 0 Å². The number of nitrogens with one attached hydrogen (secondary N) is 2. The van der Waals surface area contributed by atoms with Gasteiger partial charge in [-0.05, 0) is 37.3 Å². The van der Waals surface area contributed by atoms with Gasteiger partial charge in [-0.2, -0.15) is 5.10 Å². The molecule has 1 saturated heterocycles. The fourth-order valence-electron chi connectivity index (χ4n) is 4.67. The van der Waals surface area contributed by atoms with E-state index < -0.39 is 0 Å². The van der Waals surface area contributed by atoms with Gasteiger partial charge in [0.1, 0.15) is 11.4 Å². The van der Waals surface area contributed by atoms with Gasteiger partial charge in [0.05, 0.1) is 42.3 Å². The van der Waals surface area contributed by atoms with Crippen LogP contribution in [0.5, 0.6) is 5.75 Å². The Balaban J connectivity index is 1.34. The lowest BCUT2D eigenvalue weighted by Crippen LogP contribution is -2.53. The fourth-order valence-corrected chi connectivity index (χ4v) is 4.67. The summed E-state index contributed by atoms with van der Waals surface area (Å²) in [6, 6.07) is 12.9. The highest BCUT2D eigenvalue weighted by Crippen LogP contribution is 2.43. The normalized spacial score (nSPS) is 16.7. The lowest BCUT2D eigenvalue weighted by molar-refractivity contribution is -0.117. The number of aromatic nitrogens is 2. The molecule has 2 heterocycles. The van der Waals surface area contributed by atoms with Crippen molar-refractivity contribution in [3.05, 3.63) is 53.6 Å². The number of ketones is 1. The van der Waals surface area contributed by atoms with Crippen LogP contribution in [0.15, 0.2) is 42.5 Å². The van der Waals surface area contributed by atoms with Crippen molar-refractivity contribution in [2.24, 2.45) is 5.73 Å². The molecule has 1 aliphatic carbocycles. The van der Waals surface area contributed by atoms with Crippen LogP contribution in [0, 0.1) is 0 Å². The van der Waals surface area contributed by atoms with Gasteiger partial charge >= 0.3 is 0 Å². The lowest BCUT2D eigenvalue weighted by Gasteiger charge is -2.36. The van der Waals surface area contributed by atoms with E-state index in [2.05, 4.69) is 25.3 Å². The minimum Gasteiger partial charge on any atom is -0.497 e. The van der Waals surface area contributed by atoms with Crippen molar-refractivity contribution >= 4 is 17.4 Å². The Hall–Kier alpha value is -3.53. The number of piperazine rings is 1. The van der Waals surface area contributed by atoms with E-state index in [0.717, 1.165) is 43.1 Å². The largest absolute Gasteiger partial charge is 0.497 e. The van der Waals surface area contributed by atoms with Gasteiger partial charge in [-0.25, -0.2) is 0 Å². The molecule has 176 valence electrons.